The van der Waals surface area contributed by atoms with E-state index in [1.54, 1.807) is 12.3 Å². The molecule has 0 N–H and O–H groups in total. The van der Waals surface area contributed by atoms with Crippen LogP contribution in [0, 0.1) is 0 Å². The second-order valence-corrected chi connectivity index (χ2v) is 4.91. The highest BCUT2D eigenvalue weighted by molar-refractivity contribution is 7.13. The summed E-state index contributed by atoms with van der Waals surface area (Å²) >= 11 is 1.43. The van der Waals surface area contributed by atoms with Gasteiger partial charge in [-0.2, -0.15) is 0 Å². The number of carbonyl (C=O) groups excluding carboxylic acids is 1. The molecule has 0 unspecified atom stereocenters. The lowest BCUT2D eigenvalue weighted by Gasteiger charge is -2.16. The number of ether oxygens (including phenoxy) is 2. The summed E-state index contributed by atoms with van der Waals surface area (Å²) in [5.74, 6) is -0.369. The van der Waals surface area contributed by atoms with Crippen molar-refractivity contribution in [2.45, 2.75) is 26.9 Å². The summed E-state index contributed by atoms with van der Waals surface area (Å²) in [7, 11) is 1.93. The number of carbonyl (C=O) groups is 1. The molecule has 0 fully saturated rings. The van der Waals surface area contributed by atoms with Crippen LogP contribution in [0.3, 0.4) is 0 Å². The van der Waals surface area contributed by atoms with Crippen LogP contribution < -0.4 is 4.90 Å². The zero-order chi connectivity index (χ0) is 13.5. The van der Waals surface area contributed by atoms with Gasteiger partial charge in [0.05, 0.1) is 19.3 Å². The molecular formula is C12H20N2O3S. The standard InChI is InChI=1S/C12H20N2O3S/c1-5-16-11(15)10-8-18-12(13-10)14(4)6-7-17-9(2)3/h8-9H,5-7H2,1-4H3. The van der Waals surface area contributed by atoms with Gasteiger partial charge in [0.2, 0.25) is 0 Å². The first-order valence-electron chi connectivity index (χ1n) is 6.00. The van der Waals surface area contributed by atoms with Crippen molar-refractivity contribution in [3.8, 4) is 0 Å². The number of likely N-dealkylation sites (N-methyl/N-ethyl adjacent to an activating group) is 1. The SMILES string of the molecule is CCOC(=O)c1csc(N(C)CCOC(C)C)n1. The lowest BCUT2D eigenvalue weighted by atomic mass is 10.5. The van der Waals surface area contributed by atoms with E-state index in [1.165, 1.54) is 11.3 Å². The number of rotatable bonds is 7. The van der Waals surface area contributed by atoms with Crippen molar-refractivity contribution in [3.63, 3.8) is 0 Å². The molecule has 0 amide bonds. The van der Waals surface area contributed by atoms with Gasteiger partial charge in [0.15, 0.2) is 10.8 Å². The quantitative estimate of drug-likeness (QED) is 0.712. The summed E-state index contributed by atoms with van der Waals surface area (Å²) < 4.78 is 10.4. The molecule has 0 atom stereocenters. The van der Waals surface area contributed by atoms with Gasteiger partial charge in [-0.15, -0.1) is 11.3 Å². The van der Waals surface area contributed by atoms with Crippen molar-refractivity contribution in [1.29, 1.82) is 0 Å². The van der Waals surface area contributed by atoms with Crippen molar-refractivity contribution < 1.29 is 14.3 Å². The van der Waals surface area contributed by atoms with E-state index in [9.17, 15) is 4.79 Å². The Hall–Kier alpha value is -1.14. The van der Waals surface area contributed by atoms with Gasteiger partial charge in [-0.3, -0.25) is 0 Å². The summed E-state index contributed by atoms with van der Waals surface area (Å²) in [6, 6.07) is 0. The van der Waals surface area contributed by atoms with Crippen LogP contribution in [0.15, 0.2) is 5.38 Å². The largest absolute Gasteiger partial charge is 0.461 e. The second-order valence-electron chi connectivity index (χ2n) is 4.08. The van der Waals surface area contributed by atoms with Gasteiger partial charge in [-0.25, -0.2) is 9.78 Å². The van der Waals surface area contributed by atoms with Gasteiger partial charge >= 0.3 is 5.97 Å². The Morgan fingerprint density at radius 1 is 1.56 bits per heavy atom. The van der Waals surface area contributed by atoms with Crippen LogP contribution in [0.2, 0.25) is 0 Å². The minimum Gasteiger partial charge on any atom is -0.461 e. The molecule has 0 aliphatic heterocycles. The number of hydrogen-bond donors (Lipinski definition) is 0. The number of hydrogen-bond acceptors (Lipinski definition) is 6. The van der Waals surface area contributed by atoms with Gasteiger partial charge in [0, 0.05) is 19.0 Å². The molecule has 1 heterocycles. The average molecular weight is 272 g/mol. The van der Waals surface area contributed by atoms with Crippen LogP contribution in [-0.4, -0.2) is 43.9 Å². The van der Waals surface area contributed by atoms with Gasteiger partial charge < -0.3 is 14.4 Å². The maximum atomic E-state index is 11.5. The molecular weight excluding hydrogens is 252 g/mol. The Morgan fingerprint density at radius 2 is 2.28 bits per heavy atom. The maximum Gasteiger partial charge on any atom is 0.357 e. The second kappa shape index (κ2) is 7.33. The van der Waals surface area contributed by atoms with E-state index in [0.717, 1.165) is 11.7 Å². The summed E-state index contributed by atoms with van der Waals surface area (Å²) in [6.07, 6.45) is 0.227. The molecule has 1 aromatic rings. The minimum absolute atomic E-state index is 0.227. The van der Waals surface area contributed by atoms with E-state index >= 15 is 0 Å². The fraction of sp³-hybridized carbons (Fsp3) is 0.667. The summed E-state index contributed by atoms with van der Waals surface area (Å²) in [6.45, 7) is 7.53. The summed E-state index contributed by atoms with van der Waals surface area (Å²) in [5, 5.41) is 2.51. The van der Waals surface area contributed by atoms with Crippen LogP contribution >= 0.6 is 11.3 Å². The first kappa shape index (κ1) is 14.9. The number of thiazole rings is 1. The minimum atomic E-state index is -0.369. The highest BCUT2D eigenvalue weighted by atomic mass is 32.1. The fourth-order valence-corrected chi connectivity index (χ4v) is 2.05. The highest BCUT2D eigenvalue weighted by Crippen LogP contribution is 2.19. The molecule has 1 rings (SSSR count). The van der Waals surface area contributed by atoms with Gasteiger partial charge in [-0.05, 0) is 20.8 Å². The van der Waals surface area contributed by atoms with Crippen LogP contribution in [-0.2, 0) is 9.47 Å². The molecule has 18 heavy (non-hydrogen) atoms. The van der Waals surface area contributed by atoms with Gasteiger partial charge in [0.1, 0.15) is 0 Å². The third kappa shape index (κ3) is 4.62. The van der Waals surface area contributed by atoms with Crippen LogP contribution in [0.4, 0.5) is 5.13 Å². The molecule has 1 aromatic heterocycles. The van der Waals surface area contributed by atoms with E-state index in [1.807, 2.05) is 25.8 Å². The average Bonchev–Trinajstić information content (AvgIpc) is 2.78. The van der Waals surface area contributed by atoms with Gasteiger partial charge in [0.25, 0.3) is 0 Å². The van der Waals surface area contributed by atoms with Crippen molar-refractivity contribution in [3.05, 3.63) is 11.1 Å². The lowest BCUT2D eigenvalue weighted by Crippen LogP contribution is -2.23. The number of esters is 1. The molecule has 0 radical (unpaired) electrons. The fourth-order valence-electron chi connectivity index (χ4n) is 1.26. The Kier molecular flexibility index (Phi) is 6.07. The lowest BCUT2D eigenvalue weighted by molar-refractivity contribution is 0.0520. The Balaban J connectivity index is 2.48. The van der Waals surface area contributed by atoms with Crippen molar-refractivity contribution in [2.75, 3.05) is 31.7 Å². The molecule has 0 saturated carbocycles. The molecule has 6 heteroatoms. The van der Waals surface area contributed by atoms with Gasteiger partial charge in [-0.1, -0.05) is 0 Å². The third-order valence-electron chi connectivity index (χ3n) is 2.18. The normalized spacial score (nSPS) is 10.7. The third-order valence-corrected chi connectivity index (χ3v) is 3.14. The predicted molar refractivity (Wildman–Crippen MR) is 72.4 cm³/mol. The predicted octanol–water partition coefficient (Wildman–Crippen LogP) is 2.18. The Morgan fingerprint density at radius 3 is 2.89 bits per heavy atom. The molecule has 0 aliphatic rings. The molecule has 0 spiro atoms. The van der Waals surface area contributed by atoms with E-state index in [-0.39, 0.29) is 12.1 Å². The van der Waals surface area contributed by atoms with Crippen LogP contribution in [0.25, 0.3) is 0 Å². The number of anilines is 1. The summed E-state index contributed by atoms with van der Waals surface area (Å²) in [4.78, 5) is 17.7. The monoisotopic (exact) mass is 272 g/mol. The Labute approximate surface area is 112 Å². The zero-order valence-electron chi connectivity index (χ0n) is 11.3. The topological polar surface area (TPSA) is 51.7 Å². The Bertz CT molecular complexity index is 379. The van der Waals surface area contributed by atoms with E-state index in [0.29, 0.717) is 18.9 Å². The van der Waals surface area contributed by atoms with Crippen LogP contribution in [0.1, 0.15) is 31.3 Å². The first-order valence-corrected chi connectivity index (χ1v) is 6.88. The molecule has 0 bridgehead atoms. The molecule has 5 nitrogen and oxygen atoms in total. The zero-order valence-corrected chi connectivity index (χ0v) is 12.1. The number of aromatic nitrogens is 1. The summed E-state index contributed by atoms with van der Waals surface area (Å²) in [5.41, 5.74) is 0.369. The van der Waals surface area contributed by atoms with Crippen molar-refractivity contribution in [1.82, 2.24) is 4.98 Å². The first-order chi connectivity index (χ1) is 8.54. The highest BCUT2D eigenvalue weighted by Gasteiger charge is 2.13. The molecule has 102 valence electrons. The maximum absolute atomic E-state index is 11.5. The van der Waals surface area contributed by atoms with E-state index in [2.05, 4.69) is 4.98 Å². The molecule has 0 aromatic carbocycles. The van der Waals surface area contributed by atoms with E-state index in [4.69, 9.17) is 9.47 Å². The molecule has 0 saturated heterocycles. The van der Waals surface area contributed by atoms with Crippen molar-refractivity contribution >= 4 is 22.4 Å². The van der Waals surface area contributed by atoms with E-state index < -0.39 is 0 Å². The molecule has 0 aliphatic carbocycles. The smallest absolute Gasteiger partial charge is 0.357 e. The van der Waals surface area contributed by atoms with Crippen LogP contribution in [0.5, 0.6) is 0 Å². The van der Waals surface area contributed by atoms with Crippen molar-refractivity contribution in [2.24, 2.45) is 0 Å². The number of nitrogens with zero attached hydrogens (tertiary/aromatic N) is 2.